The molecular formula is C11H13ClF3N3O. The van der Waals surface area contributed by atoms with Crippen LogP contribution in [0.4, 0.5) is 19.0 Å². The van der Waals surface area contributed by atoms with Crippen molar-refractivity contribution in [2.24, 2.45) is 0 Å². The van der Waals surface area contributed by atoms with Crippen LogP contribution in [0.3, 0.4) is 0 Å². The van der Waals surface area contributed by atoms with E-state index in [2.05, 4.69) is 15.3 Å². The number of hydrogen-bond donors (Lipinski definition) is 1. The van der Waals surface area contributed by atoms with Gasteiger partial charge in [0, 0.05) is 13.0 Å². The molecule has 0 bridgehead atoms. The Labute approximate surface area is 113 Å². The highest BCUT2D eigenvalue weighted by Gasteiger charge is 2.25. The van der Waals surface area contributed by atoms with Crippen molar-refractivity contribution in [3.8, 4) is 0 Å². The van der Waals surface area contributed by atoms with Gasteiger partial charge in [0.05, 0.1) is 5.56 Å². The van der Waals surface area contributed by atoms with E-state index in [1.807, 2.05) is 0 Å². The Hall–Kier alpha value is -1.37. The molecule has 4 nitrogen and oxygen atoms in total. The molecule has 0 radical (unpaired) electrons. The highest BCUT2D eigenvalue weighted by atomic mass is 35.5. The molecule has 0 aliphatic heterocycles. The van der Waals surface area contributed by atoms with Crippen LogP contribution in [0.2, 0.25) is 5.15 Å². The van der Waals surface area contributed by atoms with Crippen LogP contribution in [0, 0.1) is 6.92 Å². The molecule has 106 valence electrons. The summed E-state index contributed by atoms with van der Waals surface area (Å²) in [5.41, 5.74) is 0.114. The van der Waals surface area contributed by atoms with Crippen molar-refractivity contribution in [2.75, 3.05) is 11.9 Å². The van der Waals surface area contributed by atoms with Crippen LogP contribution in [0.5, 0.6) is 0 Å². The molecule has 0 aliphatic carbocycles. The smallest absolute Gasteiger partial charge is 0.369 e. The summed E-state index contributed by atoms with van der Waals surface area (Å²) in [5, 5.41) is 2.83. The van der Waals surface area contributed by atoms with Crippen molar-refractivity contribution in [3.05, 3.63) is 16.5 Å². The quantitative estimate of drug-likeness (QED) is 0.496. The van der Waals surface area contributed by atoms with Crippen molar-refractivity contribution >= 4 is 23.7 Å². The molecular weight excluding hydrogens is 283 g/mol. The van der Waals surface area contributed by atoms with Gasteiger partial charge in [-0.15, -0.1) is 0 Å². The zero-order chi connectivity index (χ0) is 14.5. The predicted molar refractivity (Wildman–Crippen MR) is 65.6 cm³/mol. The summed E-state index contributed by atoms with van der Waals surface area (Å²) in [7, 11) is 0. The zero-order valence-electron chi connectivity index (χ0n) is 10.2. The molecule has 1 aromatic rings. The Kier molecular flexibility index (Phi) is 5.53. The van der Waals surface area contributed by atoms with E-state index in [1.165, 1.54) is 0 Å². The standard InChI is InChI=1S/C11H13ClF3N3O/c1-7-17-9(12)8(6-19)10(18-7)16-5-3-2-4-11(13,14)15/h6H,2-5H2,1H3,(H,16,17,18). The number of anilines is 1. The number of aromatic nitrogens is 2. The fraction of sp³-hybridized carbons (Fsp3) is 0.545. The van der Waals surface area contributed by atoms with E-state index >= 15 is 0 Å². The molecule has 8 heteroatoms. The average molecular weight is 296 g/mol. The lowest BCUT2D eigenvalue weighted by Gasteiger charge is -2.10. The van der Waals surface area contributed by atoms with E-state index < -0.39 is 12.6 Å². The summed E-state index contributed by atoms with van der Waals surface area (Å²) in [4.78, 5) is 18.6. The number of hydrogen-bond acceptors (Lipinski definition) is 4. The Morgan fingerprint density at radius 1 is 1.32 bits per heavy atom. The van der Waals surface area contributed by atoms with Gasteiger partial charge in [0.2, 0.25) is 0 Å². The minimum absolute atomic E-state index is 0.0186. The number of halogens is 4. The van der Waals surface area contributed by atoms with Gasteiger partial charge in [0.25, 0.3) is 0 Å². The third-order valence-corrected chi connectivity index (χ3v) is 2.60. The van der Waals surface area contributed by atoms with Crippen LogP contribution in [0.25, 0.3) is 0 Å². The fourth-order valence-corrected chi connectivity index (χ4v) is 1.70. The van der Waals surface area contributed by atoms with E-state index in [0.29, 0.717) is 18.5 Å². The second-order valence-corrected chi connectivity index (χ2v) is 4.30. The lowest BCUT2D eigenvalue weighted by atomic mass is 10.2. The van der Waals surface area contributed by atoms with Gasteiger partial charge in [-0.2, -0.15) is 13.2 Å². The third-order valence-electron chi connectivity index (χ3n) is 2.31. The minimum Gasteiger partial charge on any atom is -0.369 e. The van der Waals surface area contributed by atoms with E-state index in [0.717, 1.165) is 0 Å². The summed E-state index contributed by atoms with van der Waals surface area (Å²) < 4.78 is 35.8. The summed E-state index contributed by atoms with van der Waals surface area (Å²) in [6.07, 6.45) is -4.11. The molecule has 0 atom stereocenters. The predicted octanol–water partition coefficient (Wildman–Crippen LogP) is 3.40. The maximum Gasteiger partial charge on any atom is 0.389 e. The largest absolute Gasteiger partial charge is 0.389 e. The summed E-state index contributed by atoms with van der Waals surface area (Å²) >= 11 is 5.76. The lowest BCUT2D eigenvalue weighted by Crippen LogP contribution is -2.11. The van der Waals surface area contributed by atoms with Crippen molar-refractivity contribution in [1.82, 2.24) is 9.97 Å². The van der Waals surface area contributed by atoms with Gasteiger partial charge in [0.1, 0.15) is 16.8 Å². The number of carbonyl (C=O) groups is 1. The van der Waals surface area contributed by atoms with Crippen LogP contribution in [0.1, 0.15) is 35.4 Å². The van der Waals surface area contributed by atoms with Gasteiger partial charge in [-0.25, -0.2) is 9.97 Å². The van der Waals surface area contributed by atoms with E-state index in [-0.39, 0.29) is 29.5 Å². The Morgan fingerprint density at radius 2 is 2.00 bits per heavy atom. The van der Waals surface area contributed by atoms with E-state index in [9.17, 15) is 18.0 Å². The van der Waals surface area contributed by atoms with E-state index in [1.54, 1.807) is 6.92 Å². The number of aldehydes is 1. The molecule has 1 N–H and O–H groups in total. The van der Waals surface area contributed by atoms with Crippen LogP contribution >= 0.6 is 11.6 Å². The molecule has 1 heterocycles. The van der Waals surface area contributed by atoms with Crippen LogP contribution < -0.4 is 5.32 Å². The molecule has 0 spiro atoms. The lowest BCUT2D eigenvalue weighted by molar-refractivity contribution is -0.135. The number of carbonyl (C=O) groups excluding carboxylic acids is 1. The van der Waals surface area contributed by atoms with Crippen molar-refractivity contribution in [3.63, 3.8) is 0 Å². The van der Waals surface area contributed by atoms with Gasteiger partial charge < -0.3 is 5.32 Å². The number of nitrogens with one attached hydrogen (secondary N) is 1. The molecule has 0 saturated carbocycles. The minimum atomic E-state index is -4.14. The first-order valence-corrected chi connectivity index (χ1v) is 6.01. The molecule has 0 fully saturated rings. The second-order valence-electron chi connectivity index (χ2n) is 3.94. The summed E-state index contributed by atoms with van der Waals surface area (Å²) in [6, 6.07) is 0. The van der Waals surface area contributed by atoms with Crippen LogP contribution in [0.15, 0.2) is 0 Å². The highest BCUT2D eigenvalue weighted by molar-refractivity contribution is 6.32. The molecule has 0 amide bonds. The molecule has 0 aromatic carbocycles. The monoisotopic (exact) mass is 295 g/mol. The van der Waals surface area contributed by atoms with Crippen molar-refractivity contribution < 1.29 is 18.0 Å². The maximum absolute atomic E-state index is 11.9. The van der Waals surface area contributed by atoms with Crippen molar-refractivity contribution in [1.29, 1.82) is 0 Å². The number of unbranched alkanes of at least 4 members (excludes halogenated alkanes) is 1. The Morgan fingerprint density at radius 3 is 2.58 bits per heavy atom. The first-order chi connectivity index (χ1) is 8.83. The fourth-order valence-electron chi connectivity index (χ4n) is 1.44. The summed E-state index contributed by atoms with van der Waals surface area (Å²) in [6.45, 7) is 1.89. The number of rotatable bonds is 6. The highest BCUT2D eigenvalue weighted by Crippen LogP contribution is 2.22. The molecule has 1 rings (SSSR count). The molecule has 0 aliphatic rings. The van der Waals surface area contributed by atoms with Gasteiger partial charge in [0.15, 0.2) is 6.29 Å². The van der Waals surface area contributed by atoms with Gasteiger partial charge >= 0.3 is 6.18 Å². The first kappa shape index (κ1) is 15.7. The number of aryl methyl sites for hydroxylation is 1. The van der Waals surface area contributed by atoms with Crippen LogP contribution in [-0.2, 0) is 0 Å². The Balaban J connectivity index is 2.51. The third kappa shape index (κ3) is 5.42. The average Bonchev–Trinajstić information content (AvgIpc) is 2.26. The molecule has 1 aromatic heterocycles. The molecule has 0 unspecified atom stereocenters. The normalized spacial score (nSPS) is 11.4. The maximum atomic E-state index is 11.9. The van der Waals surface area contributed by atoms with Gasteiger partial charge in [-0.05, 0) is 19.8 Å². The van der Waals surface area contributed by atoms with Gasteiger partial charge in [-0.3, -0.25) is 4.79 Å². The van der Waals surface area contributed by atoms with Crippen molar-refractivity contribution in [2.45, 2.75) is 32.4 Å². The second kappa shape index (κ2) is 6.70. The number of nitrogens with zero attached hydrogens (tertiary/aromatic N) is 2. The topological polar surface area (TPSA) is 54.9 Å². The molecule has 0 saturated heterocycles. The van der Waals surface area contributed by atoms with E-state index in [4.69, 9.17) is 11.6 Å². The molecule has 19 heavy (non-hydrogen) atoms. The van der Waals surface area contributed by atoms with Gasteiger partial charge in [-0.1, -0.05) is 11.6 Å². The first-order valence-electron chi connectivity index (χ1n) is 5.63. The summed E-state index contributed by atoms with van der Waals surface area (Å²) in [5.74, 6) is 0.632. The number of alkyl halides is 3. The zero-order valence-corrected chi connectivity index (χ0v) is 11.0. The Bertz CT molecular complexity index is 452. The SMILES string of the molecule is Cc1nc(Cl)c(C=O)c(NCCCCC(F)(F)F)n1. The van der Waals surface area contributed by atoms with Crippen LogP contribution in [-0.4, -0.2) is 29.0 Å².